The molecule has 1 saturated heterocycles. The number of likely N-dealkylation sites (tertiary alicyclic amines) is 1. The maximum absolute atomic E-state index is 13.3. The van der Waals surface area contributed by atoms with E-state index in [0.29, 0.717) is 25.1 Å². The summed E-state index contributed by atoms with van der Waals surface area (Å²) >= 11 is 0. The van der Waals surface area contributed by atoms with Crippen LogP contribution >= 0.6 is 0 Å². The van der Waals surface area contributed by atoms with Gasteiger partial charge in [-0.1, -0.05) is 38.5 Å². The van der Waals surface area contributed by atoms with Gasteiger partial charge in [-0.15, -0.1) is 0 Å². The van der Waals surface area contributed by atoms with Gasteiger partial charge < -0.3 is 10.0 Å². The van der Waals surface area contributed by atoms with Crippen LogP contribution in [0.25, 0.3) is 10.9 Å². The zero-order chi connectivity index (χ0) is 18.5. The molecular weight excluding hydrogens is 328 g/mol. The van der Waals surface area contributed by atoms with Gasteiger partial charge in [-0.25, -0.2) is 0 Å². The molecule has 1 aromatic carbocycles. The number of fused-ring (bicyclic) bond motifs is 2. The van der Waals surface area contributed by atoms with Crippen molar-refractivity contribution in [1.82, 2.24) is 9.88 Å². The van der Waals surface area contributed by atoms with E-state index in [2.05, 4.69) is 18.8 Å². The normalized spacial score (nSPS) is 25.0. The van der Waals surface area contributed by atoms with Crippen molar-refractivity contribution in [3.8, 4) is 0 Å². The fourth-order valence-electron chi connectivity index (χ4n) is 4.63. The Kier molecular flexibility index (Phi) is 3.98. The van der Waals surface area contributed by atoms with E-state index in [1.807, 2.05) is 30.3 Å². The number of hydrogen-bond donors (Lipinski definition) is 1. The second-order valence-corrected chi connectivity index (χ2v) is 8.00. The van der Waals surface area contributed by atoms with Gasteiger partial charge in [-0.3, -0.25) is 14.6 Å². The first-order valence-corrected chi connectivity index (χ1v) is 9.35. The predicted octanol–water partition coefficient (Wildman–Crippen LogP) is 3.69. The minimum atomic E-state index is -0.752. The number of carbonyl (C=O) groups excluding carboxylic acids is 1. The molecule has 5 heteroatoms. The van der Waals surface area contributed by atoms with Gasteiger partial charge in [0.2, 0.25) is 0 Å². The van der Waals surface area contributed by atoms with Crippen LogP contribution in [0.15, 0.2) is 30.3 Å². The number of rotatable bonds is 3. The van der Waals surface area contributed by atoms with E-state index in [-0.39, 0.29) is 17.7 Å². The van der Waals surface area contributed by atoms with Crippen LogP contribution in [0.5, 0.6) is 0 Å². The number of amides is 1. The maximum atomic E-state index is 13.3. The summed E-state index contributed by atoms with van der Waals surface area (Å²) in [7, 11) is 0. The summed E-state index contributed by atoms with van der Waals surface area (Å²) in [6.45, 7) is 4.98. The molecule has 2 heterocycles. The Labute approximate surface area is 153 Å². The van der Waals surface area contributed by atoms with E-state index in [4.69, 9.17) is 0 Å². The average molecular weight is 352 g/mol. The van der Waals surface area contributed by atoms with E-state index in [1.54, 1.807) is 4.90 Å². The molecule has 26 heavy (non-hydrogen) atoms. The molecule has 2 fully saturated rings. The first kappa shape index (κ1) is 17.0. The number of nitrogens with zero attached hydrogens (tertiary/aromatic N) is 2. The third-order valence-corrected chi connectivity index (χ3v) is 6.14. The van der Waals surface area contributed by atoms with Crippen molar-refractivity contribution in [1.29, 1.82) is 0 Å². The smallest absolute Gasteiger partial charge is 0.311 e. The zero-order valence-electron chi connectivity index (χ0n) is 15.2. The highest BCUT2D eigenvalue weighted by Gasteiger charge is 2.55. The SMILES string of the molecule is CC(C)c1cc(C(=O)N2C[C@@H]3CCC[C@@]3(C(=O)O)C2)c2ccccc2n1. The molecule has 4 rings (SSSR count). The zero-order valence-corrected chi connectivity index (χ0v) is 15.2. The van der Waals surface area contributed by atoms with Crippen LogP contribution in [-0.4, -0.2) is 40.0 Å². The lowest BCUT2D eigenvalue weighted by molar-refractivity contribution is -0.149. The van der Waals surface area contributed by atoms with Gasteiger partial charge >= 0.3 is 5.97 Å². The minimum Gasteiger partial charge on any atom is -0.481 e. The summed E-state index contributed by atoms with van der Waals surface area (Å²) < 4.78 is 0. The molecule has 5 nitrogen and oxygen atoms in total. The fraction of sp³-hybridized carbons (Fsp3) is 0.476. The Hall–Kier alpha value is -2.43. The van der Waals surface area contributed by atoms with Gasteiger partial charge in [0, 0.05) is 24.2 Å². The molecule has 1 aliphatic carbocycles. The highest BCUT2D eigenvalue weighted by atomic mass is 16.4. The van der Waals surface area contributed by atoms with Crippen molar-refractivity contribution < 1.29 is 14.7 Å². The lowest BCUT2D eigenvalue weighted by Gasteiger charge is -2.23. The molecule has 1 amide bonds. The molecule has 1 saturated carbocycles. The highest BCUT2D eigenvalue weighted by molar-refractivity contribution is 6.06. The number of carboxylic acid groups (broad SMARTS) is 1. The molecule has 0 unspecified atom stereocenters. The minimum absolute atomic E-state index is 0.0690. The van der Waals surface area contributed by atoms with E-state index in [1.165, 1.54) is 0 Å². The fourth-order valence-corrected chi connectivity index (χ4v) is 4.63. The number of carbonyl (C=O) groups is 2. The first-order chi connectivity index (χ1) is 12.4. The molecule has 1 aliphatic heterocycles. The standard InChI is InChI=1S/C21H24N2O3/c1-13(2)18-10-16(15-7-3-4-8-17(15)22-18)19(24)23-11-14-6-5-9-21(14,12-23)20(25)26/h3-4,7-8,10,13-14H,5-6,9,11-12H2,1-2H3,(H,25,26)/t14-,21+/m0/s1. The molecule has 0 spiro atoms. The number of carboxylic acids is 1. The third-order valence-electron chi connectivity index (χ3n) is 6.14. The van der Waals surface area contributed by atoms with Crippen LogP contribution in [0.2, 0.25) is 0 Å². The maximum Gasteiger partial charge on any atom is 0.311 e. The van der Waals surface area contributed by atoms with E-state index in [0.717, 1.165) is 29.4 Å². The number of benzene rings is 1. The van der Waals surface area contributed by atoms with Gasteiger partial charge in [0.05, 0.1) is 16.5 Å². The number of aliphatic carboxylic acids is 1. The van der Waals surface area contributed by atoms with E-state index in [9.17, 15) is 14.7 Å². The number of pyridine rings is 1. The molecule has 2 atom stereocenters. The van der Waals surface area contributed by atoms with Crippen molar-refractivity contribution in [2.24, 2.45) is 11.3 Å². The number of para-hydroxylation sites is 1. The van der Waals surface area contributed by atoms with Crippen LogP contribution in [-0.2, 0) is 4.79 Å². The van der Waals surface area contributed by atoms with Crippen LogP contribution in [0.3, 0.4) is 0 Å². The second-order valence-electron chi connectivity index (χ2n) is 8.00. The Morgan fingerprint density at radius 3 is 2.77 bits per heavy atom. The Morgan fingerprint density at radius 1 is 1.31 bits per heavy atom. The van der Waals surface area contributed by atoms with Crippen molar-refractivity contribution in [3.05, 3.63) is 41.6 Å². The van der Waals surface area contributed by atoms with Crippen molar-refractivity contribution in [2.45, 2.75) is 39.0 Å². The van der Waals surface area contributed by atoms with Crippen LogP contribution in [0.1, 0.15) is 55.1 Å². The van der Waals surface area contributed by atoms with E-state index < -0.39 is 11.4 Å². The van der Waals surface area contributed by atoms with Crippen LogP contribution < -0.4 is 0 Å². The van der Waals surface area contributed by atoms with Crippen LogP contribution in [0, 0.1) is 11.3 Å². The molecule has 2 aliphatic rings. The van der Waals surface area contributed by atoms with Gasteiger partial charge in [-0.05, 0) is 36.8 Å². The summed E-state index contributed by atoms with van der Waals surface area (Å²) in [5.41, 5.74) is 1.59. The number of hydrogen-bond acceptors (Lipinski definition) is 3. The molecular formula is C21H24N2O3. The summed E-state index contributed by atoms with van der Waals surface area (Å²) in [5, 5.41) is 10.6. The first-order valence-electron chi connectivity index (χ1n) is 9.35. The lowest BCUT2D eigenvalue weighted by Crippen LogP contribution is -2.37. The van der Waals surface area contributed by atoms with Gasteiger partial charge in [-0.2, -0.15) is 0 Å². The Morgan fingerprint density at radius 2 is 2.08 bits per heavy atom. The topological polar surface area (TPSA) is 70.5 Å². The average Bonchev–Trinajstić information content (AvgIpc) is 3.18. The molecule has 1 aromatic heterocycles. The second kappa shape index (κ2) is 6.08. The molecule has 136 valence electrons. The molecule has 2 aromatic rings. The van der Waals surface area contributed by atoms with Crippen molar-refractivity contribution in [2.75, 3.05) is 13.1 Å². The van der Waals surface area contributed by atoms with Crippen LogP contribution in [0.4, 0.5) is 0 Å². The van der Waals surface area contributed by atoms with Gasteiger partial charge in [0.15, 0.2) is 0 Å². The monoisotopic (exact) mass is 352 g/mol. The van der Waals surface area contributed by atoms with Crippen molar-refractivity contribution in [3.63, 3.8) is 0 Å². The third kappa shape index (κ3) is 2.49. The molecule has 0 bridgehead atoms. The van der Waals surface area contributed by atoms with E-state index >= 15 is 0 Å². The number of aromatic nitrogens is 1. The quantitative estimate of drug-likeness (QED) is 0.915. The summed E-state index contributed by atoms with van der Waals surface area (Å²) in [4.78, 5) is 31.7. The summed E-state index contributed by atoms with van der Waals surface area (Å²) in [5.74, 6) is -0.533. The Bertz CT molecular complexity index is 892. The molecule has 1 N–H and O–H groups in total. The van der Waals surface area contributed by atoms with Gasteiger partial charge in [0.1, 0.15) is 0 Å². The summed E-state index contributed by atoms with van der Waals surface area (Å²) in [6, 6.07) is 9.57. The van der Waals surface area contributed by atoms with Gasteiger partial charge in [0.25, 0.3) is 5.91 Å². The molecule has 0 radical (unpaired) electrons. The lowest BCUT2D eigenvalue weighted by atomic mass is 9.81. The Balaban J connectivity index is 1.74. The van der Waals surface area contributed by atoms with Crippen molar-refractivity contribution >= 4 is 22.8 Å². The largest absolute Gasteiger partial charge is 0.481 e. The predicted molar refractivity (Wildman–Crippen MR) is 99.1 cm³/mol. The summed E-state index contributed by atoms with van der Waals surface area (Å²) in [6.07, 6.45) is 2.50. The highest BCUT2D eigenvalue weighted by Crippen LogP contribution is 2.49.